The minimum absolute atomic E-state index is 0.198. The van der Waals surface area contributed by atoms with Crippen LogP contribution in [0.4, 0.5) is 0 Å². The largest absolute Gasteiger partial charge is 0.394 e. The fourth-order valence-corrected chi connectivity index (χ4v) is 9.90. The highest BCUT2D eigenvalue weighted by atomic mass is 16.7. The Morgan fingerprint density at radius 2 is 0.787 bits per heavy atom. The molecule has 1 fully saturated rings. The smallest absolute Gasteiger partial charge is 0.220 e. The molecule has 1 heterocycles. The first-order chi connectivity index (χ1) is 39.3. The van der Waals surface area contributed by atoms with Gasteiger partial charge in [0.05, 0.1) is 25.4 Å². The zero-order valence-corrected chi connectivity index (χ0v) is 51.3. The lowest BCUT2D eigenvalue weighted by atomic mass is 9.99. The van der Waals surface area contributed by atoms with Crippen LogP contribution in [0.2, 0.25) is 0 Å². The van der Waals surface area contributed by atoms with E-state index < -0.39 is 49.5 Å². The molecule has 0 saturated carbocycles. The van der Waals surface area contributed by atoms with Crippen molar-refractivity contribution in [1.82, 2.24) is 5.32 Å². The predicted molar refractivity (Wildman–Crippen MR) is 341 cm³/mol. The lowest BCUT2D eigenvalue weighted by Crippen LogP contribution is -2.60. The third-order valence-electron chi connectivity index (χ3n) is 15.1. The molecule has 7 atom stereocenters. The van der Waals surface area contributed by atoms with E-state index in [9.17, 15) is 30.3 Å². The molecule has 0 aromatic rings. The van der Waals surface area contributed by atoms with Gasteiger partial charge in [-0.15, -0.1) is 0 Å². The quantitative estimate of drug-likeness (QED) is 0.0261. The zero-order valence-electron chi connectivity index (χ0n) is 51.3. The Labute approximate surface area is 491 Å². The first kappa shape index (κ1) is 74.9. The van der Waals surface area contributed by atoms with Crippen molar-refractivity contribution in [2.24, 2.45) is 0 Å². The molecule has 1 aliphatic heterocycles. The van der Waals surface area contributed by atoms with E-state index in [0.717, 1.165) is 96.3 Å². The Bertz CT molecular complexity index is 1630. The number of ether oxygens (including phenoxy) is 2. The van der Waals surface area contributed by atoms with Crippen LogP contribution in [0, 0.1) is 0 Å². The molecule has 7 unspecified atom stereocenters. The first-order valence-corrected chi connectivity index (χ1v) is 33.1. The lowest BCUT2D eigenvalue weighted by Gasteiger charge is -2.40. The second kappa shape index (κ2) is 59.0. The van der Waals surface area contributed by atoms with Gasteiger partial charge in [0.15, 0.2) is 6.29 Å². The summed E-state index contributed by atoms with van der Waals surface area (Å²) < 4.78 is 11.3. The fourth-order valence-electron chi connectivity index (χ4n) is 9.90. The maximum Gasteiger partial charge on any atom is 0.220 e. The molecule has 0 aromatic heterocycles. The SMILES string of the molecule is CC/C=C\C/C=C\C/C=C\C/C=C\C/C=C\C/C=C\CCCCCCCCCCCCC(=O)NC(COC1OC(CO)C(O)C(O)C1O)C(O)/C=C/CC/C=C/CC/C=C/CCCCCCCCCCCCCCCCCCCC. The molecule has 0 aliphatic carbocycles. The van der Waals surface area contributed by atoms with Gasteiger partial charge in [-0.05, 0) is 96.3 Å². The molecular weight excluding hydrogens is 995 g/mol. The second-order valence-corrected chi connectivity index (χ2v) is 22.5. The van der Waals surface area contributed by atoms with Crippen molar-refractivity contribution < 1.29 is 39.8 Å². The van der Waals surface area contributed by atoms with Gasteiger partial charge >= 0.3 is 0 Å². The van der Waals surface area contributed by atoms with Crippen molar-refractivity contribution in [3.63, 3.8) is 0 Å². The zero-order chi connectivity index (χ0) is 57.9. The summed E-state index contributed by atoms with van der Waals surface area (Å²) >= 11 is 0. The number of amides is 1. The topological polar surface area (TPSA) is 149 Å². The summed E-state index contributed by atoms with van der Waals surface area (Å²) in [7, 11) is 0. The summed E-state index contributed by atoms with van der Waals surface area (Å²) in [5.74, 6) is -0.198. The number of rotatable bonds is 56. The molecule has 1 saturated heterocycles. The van der Waals surface area contributed by atoms with Gasteiger partial charge in [0.1, 0.15) is 24.4 Å². The van der Waals surface area contributed by atoms with Crippen molar-refractivity contribution in [2.75, 3.05) is 13.2 Å². The van der Waals surface area contributed by atoms with Gasteiger partial charge in [-0.1, -0.05) is 284 Å². The van der Waals surface area contributed by atoms with E-state index in [-0.39, 0.29) is 12.5 Å². The number of aliphatic hydroxyl groups excluding tert-OH is 5. The molecule has 460 valence electrons. The van der Waals surface area contributed by atoms with Crippen LogP contribution >= 0.6 is 0 Å². The van der Waals surface area contributed by atoms with Crippen molar-refractivity contribution in [3.05, 3.63) is 109 Å². The minimum Gasteiger partial charge on any atom is -0.394 e. The number of nitrogens with one attached hydrogen (secondary N) is 1. The molecule has 1 aliphatic rings. The van der Waals surface area contributed by atoms with Gasteiger partial charge in [-0.2, -0.15) is 0 Å². The van der Waals surface area contributed by atoms with E-state index in [1.165, 1.54) is 161 Å². The first-order valence-electron chi connectivity index (χ1n) is 33.1. The van der Waals surface area contributed by atoms with Gasteiger partial charge < -0.3 is 40.3 Å². The van der Waals surface area contributed by atoms with Crippen LogP contribution in [0.3, 0.4) is 0 Å². The summed E-state index contributed by atoms with van der Waals surface area (Å²) in [5.41, 5.74) is 0. The van der Waals surface area contributed by atoms with Crippen LogP contribution < -0.4 is 5.32 Å². The number of allylic oxidation sites excluding steroid dienone is 17. The predicted octanol–water partition coefficient (Wildman–Crippen LogP) is 17.7. The summed E-state index contributed by atoms with van der Waals surface area (Å²) in [6, 6.07) is -0.840. The van der Waals surface area contributed by atoms with Crippen molar-refractivity contribution >= 4 is 5.91 Å². The van der Waals surface area contributed by atoms with E-state index >= 15 is 0 Å². The summed E-state index contributed by atoms with van der Waals surface area (Å²) in [4.78, 5) is 13.1. The van der Waals surface area contributed by atoms with Gasteiger partial charge in [-0.3, -0.25) is 4.79 Å². The minimum atomic E-state index is -1.58. The third-order valence-corrected chi connectivity index (χ3v) is 15.1. The Hall–Kier alpha value is -3.15. The van der Waals surface area contributed by atoms with Crippen molar-refractivity contribution in [1.29, 1.82) is 0 Å². The number of aliphatic hydroxyl groups is 5. The van der Waals surface area contributed by atoms with Crippen LogP contribution in [-0.2, 0) is 14.3 Å². The summed E-state index contributed by atoms with van der Waals surface area (Å²) in [6.45, 7) is 3.66. The maximum atomic E-state index is 13.1. The highest BCUT2D eigenvalue weighted by Crippen LogP contribution is 2.23. The van der Waals surface area contributed by atoms with Crippen LogP contribution in [0.15, 0.2) is 109 Å². The Morgan fingerprint density at radius 3 is 1.20 bits per heavy atom. The van der Waals surface area contributed by atoms with E-state index in [1.807, 2.05) is 6.08 Å². The monoisotopic (exact) mass is 1120 g/mol. The standard InChI is InChI=1S/C71H123NO8/c1-3-5-7-9-11-13-15-17-19-21-23-25-27-29-31-33-35-37-39-41-43-45-47-49-51-53-55-57-59-61-67(75)72-64(63-79-71-70(78)69(77)68(76)66(62-73)80-71)65(74)60-58-56-54-52-50-48-46-44-42-40-38-36-34-32-30-28-26-24-22-20-18-16-14-12-10-8-6-4-2/h5,7,11,13,17,19,23,25,29,31,35,37,42,44,50,52,58,60,64-66,68-71,73-74,76-78H,3-4,6,8-10,12,14-16,18,20-22,24,26-28,30,32-34,36,38-41,43,45-49,51,53-57,59,61-63H2,1-2H3,(H,72,75)/b7-5-,13-11-,19-17-,25-23-,31-29-,37-35-,44-42+,52-50+,60-58+. The van der Waals surface area contributed by atoms with Crippen LogP contribution in [0.1, 0.15) is 277 Å². The highest BCUT2D eigenvalue weighted by Gasteiger charge is 2.44. The Morgan fingerprint density at radius 1 is 0.438 bits per heavy atom. The van der Waals surface area contributed by atoms with Crippen LogP contribution in [-0.4, -0.2) is 87.5 Å². The number of carbonyl (C=O) groups excluding carboxylic acids is 1. The van der Waals surface area contributed by atoms with Gasteiger partial charge in [-0.25, -0.2) is 0 Å². The van der Waals surface area contributed by atoms with Crippen molar-refractivity contribution in [2.45, 2.75) is 320 Å². The van der Waals surface area contributed by atoms with Crippen molar-refractivity contribution in [3.8, 4) is 0 Å². The summed E-state index contributed by atoms with van der Waals surface area (Å²) in [6.07, 6.45) is 80.3. The lowest BCUT2D eigenvalue weighted by molar-refractivity contribution is -0.302. The number of carbonyl (C=O) groups is 1. The molecule has 80 heavy (non-hydrogen) atoms. The third kappa shape index (κ3) is 47.4. The average molecular weight is 1120 g/mol. The number of hydrogen-bond acceptors (Lipinski definition) is 8. The van der Waals surface area contributed by atoms with Crippen LogP contribution in [0.25, 0.3) is 0 Å². The fraction of sp³-hybridized carbons (Fsp3) is 0.732. The highest BCUT2D eigenvalue weighted by molar-refractivity contribution is 5.76. The van der Waals surface area contributed by atoms with E-state index in [1.54, 1.807) is 6.08 Å². The Kier molecular flexibility index (Phi) is 55.2. The average Bonchev–Trinajstić information content (AvgIpc) is 3.46. The van der Waals surface area contributed by atoms with E-state index in [4.69, 9.17) is 9.47 Å². The van der Waals surface area contributed by atoms with Gasteiger partial charge in [0.2, 0.25) is 5.91 Å². The second-order valence-electron chi connectivity index (χ2n) is 22.5. The molecule has 9 nitrogen and oxygen atoms in total. The van der Waals surface area contributed by atoms with Gasteiger partial charge in [0.25, 0.3) is 0 Å². The van der Waals surface area contributed by atoms with E-state index in [0.29, 0.717) is 6.42 Å². The van der Waals surface area contributed by atoms with E-state index in [2.05, 4.69) is 116 Å². The molecule has 0 spiro atoms. The van der Waals surface area contributed by atoms with Crippen LogP contribution in [0.5, 0.6) is 0 Å². The molecule has 9 heteroatoms. The molecule has 6 N–H and O–H groups in total. The summed E-state index contributed by atoms with van der Waals surface area (Å²) in [5, 5.41) is 54.7. The maximum absolute atomic E-state index is 13.1. The van der Waals surface area contributed by atoms with Gasteiger partial charge in [0, 0.05) is 6.42 Å². The molecule has 0 bridgehead atoms. The molecule has 1 amide bonds. The molecular formula is C71H123NO8. The molecule has 0 aromatic carbocycles. The molecule has 1 rings (SSSR count). The number of unbranched alkanes of at least 4 members (excludes halogenated alkanes) is 30. The number of hydrogen-bond donors (Lipinski definition) is 6. The molecule has 0 radical (unpaired) electrons. The Balaban J connectivity index is 2.22. The normalized spacial score (nSPS) is 19.2.